The molecule has 3 aromatic rings. The van der Waals surface area contributed by atoms with Crippen LogP contribution in [0.2, 0.25) is 0 Å². The van der Waals surface area contributed by atoms with E-state index in [1.54, 1.807) is 19.2 Å². The largest absolute Gasteiger partial charge is 0.311 e. The van der Waals surface area contributed by atoms with Gasteiger partial charge in [0.15, 0.2) is 5.82 Å². The molecule has 0 aliphatic heterocycles. The Kier molecular flexibility index (Phi) is 4.35. The van der Waals surface area contributed by atoms with E-state index in [9.17, 15) is 13.2 Å². The zero-order valence-electron chi connectivity index (χ0n) is 16.0. The van der Waals surface area contributed by atoms with Crippen LogP contribution >= 0.6 is 0 Å². The van der Waals surface area contributed by atoms with Crippen LogP contribution in [0.1, 0.15) is 61.3 Å². The van der Waals surface area contributed by atoms with Crippen molar-refractivity contribution in [2.24, 2.45) is 5.14 Å². The molecule has 0 saturated heterocycles. The van der Waals surface area contributed by atoms with Crippen LogP contribution in [0.25, 0.3) is 5.78 Å². The van der Waals surface area contributed by atoms with Crippen molar-refractivity contribution in [3.63, 3.8) is 0 Å². The first-order valence-corrected chi connectivity index (χ1v) is 10.7. The third kappa shape index (κ3) is 3.33. The van der Waals surface area contributed by atoms with Gasteiger partial charge in [-0.15, -0.1) is 5.10 Å². The number of sulfonamides is 1. The summed E-state index contributed by atoms with van der Waals surface area (Å²) in [6.07, 6.45) is 3.87. The van der Waals surface area contributed by atoms with E-state index in [0.29, 0.717) is 41.0 Å². The van der Waals surface area contributed by atoms with Gasteiger partial charge in [-0.25, -0.2) is 13.6 Å². The molecule has 0 bridgehead atoms. The summed E-state index contributed by atoms with van der Waals surface area (Å²) in [7, 11) is -3.82. The van der Waals surface area contributed by atoms with Crippen LogP contribution in [0.4, 0.5) is 0 Å². The number of pyridine rings is 1. The second-order valence-electron chi connectivity index (χ2n) is 7.56. The highest BCUT2D eigenvalue weighted by Crippen LogP contribution is 2.38. The molecule has 0 atom stereocenters. The average molecular weight is 402 g/mol. The molecule has 10 heteroatoms. The molecule has 9 nitrogen and oxygen atoms in total. The number of fused-ring (bicyclic) bond motifs is 1. The van der Waals surface area contributed by atoms with Crippen molar-refractivity contribution in [1.29, 1.82) is 0 Å². The van der Waals surface area contributed by atoms with Crippen LogP contribution in [-0.2, 0) is 16.6 Å². The zero-order chi connectivity index (χ0) is 20.2. The Morgan fingerprint density at radius 3 is 2.54 bits per heavy atom. The molecule has 1 aliphatic rings. The third-order valence-corrected chi connectivity index (χ3v) is 5.94. The Balaban J connectivity index is 1.83. The molecule has 3 aromatic heterocycles. The van der Waals surface area contributed by atoms with Gasteiger partial charge in [0.25, 0.3) is 5.56 Å². The monoisotopic (exact) mass is 402 g/mol. The van der Waals surface area contributed by atoms with E-state index in [-0.39, 0.29) is 16.4 Å². The van der Waals surface area contributed by atoms with Crippen LogP contribution in [0.5, 0.6) is 0 Å². The quantitative estimate of drug-likeness (QED) is 0.685. The molecule has 0 radical (unpaired) electrons. The highest BCUT2D eigenvalue weighted by atomic mass is 32.2. The molecule has 4 rings (SSSR count). The van der Waals surface area contributed by atoms with Crippen LogP contribution in [0.15, 0.2) is 28.0 Å². The molecule has 0 amide bonds. The fraction of sp³-hybridized carbons (Fsp3) is 0.444. The average Bonchev–Trinajstić information content (AvgIpc) is 3.34. The first kappa shape index (κ1) is 18.8. The van der Waals surface area contributed by atoms with Gasteiger partial charge in [0.05, 0.1) is 17.9 Å². The number of rotatable bonds is 5. The predicted octanol–water partition coefficient (Wildman–Crippen LogP) is 1.29. The SMILES string of the molecule is Cc1nc(Cn2cc(C(C)C)c(=O)n3nc(C4CC4)nc23)ccc1S(N)(=O)=O. The van der Waals surface area contributed by atoms with Gasteiger partial charge in [0, 0.05) is 17.7 Å². The Labute approximate surface area is 162 Å². The summed E-state index contributed by atoms with van der Waals surface area (Å²) in [6.45, 7) is 5.84. The number of hydrogen-bond acceptors (Lipinski definition) is 6. The molecule has 3 heterocycles. The van der Waals surface area contributed by atoms with Crippen molar-refractivity contribution in [2.75, 3.05) is 0 Å². The highest BCUT2D eigenvalue weighted by Gasteiger charge is 2.29. The topological polar surface area (TPSA) is 125 Å². The van der Waals surface area contributed by atoms with Crippen molar-refractivity contribution in [3.8, 4) is 0 Å². The molecule has 28 heavy (non-hydrogen) atoms. The van der Waals surface area contributed by atoms with E-state index in [0.717, 1.165) is 12.8 Å². The molecule has 1 fully saturated rings. The Bertz CT molecular complexity index is 1240. The first-order valence-electron chi connectivity index (χ1n) is 9.14. The summed E-state index contributed by atoms with van der Waals surface area (Å²) in [4.78, 5) is 21.8. The second kappa shape index (κ2) is 6.49. The summed E-state index contributed by atoms with van der Waals surface area (Å²) in [6, 6.07) is 3.07. The molecular formula is C18H22N6O3S. The molecule has 1 saturated carbocycles. The lowest BCUT2D eigenvalue weighted by Crippen LogP contribution is -2.24. The minimum absolute atomic E-state index is 0.00247. The number of aromatic nitrogens is 5. The maximum Gasteiger partial charge on any atom is 0.279 e. The predicted molar refractivity (Wildman–Crippen MR) is 103 cm³/mol. The van der Waals surface area contributed by atoms with Crippen molar-refractivity contribution in [2.45, 2.75) is 56.9 Å². The number of nitrogens with two attached hydrogens (primary N) is 1. The van der Waals surface area contributed by atoms with Crippen LogP contribution in [0.3, 0.4) is 0 Å². The Morgan fingerprint density at radius 2 is 1.96 bits per heavy atom. The van der Waals surface area contributed by atoms with Crippen LogP contribution < -0.4 is 10.7 Å². The maximum atomic E-state index is 12.8. The Hall–Kier alpha value is -2.59. The van der Waals surface area contributed by atoms with Crippen molar-refractivity contribution < 1.29 is 8.42 Å². The lowest BCUT2D eigenvalue weighted by molar-refractivity contribution is 0.596. The van der Waals surface area contributed by atoms with E-state index in [1.165, 1.54) is 10.6 Å². The normalized spacial score (nSPS) is 14.9. The minimum atomic E-state index is -3.82. The standard InChI is InChI=1S/C18H22N6O3S/c1-10(2)14-9-23(8-13-6-7-15(11(3)20-13)28(19,26)27)18-21-16(12-4-5-12)22-24(18)17(14)25/h6-7,9-10,12H,4-5,8H2,1-3H3,(H2,19,26,27). The van der Waals surface area contributed by atoms with E-state index in [4.69, 9.17) is 5.14 Å². The fourth-order valence-electron chi connectivity index (χ4n) is 3.24. The molecule has 0 aromatic carbocycles. The van der Waals surface area contributed by atoms with E-state index >= 15 is 0 Å². The number of nitrogens with zero attached hydrogens (tertiary/aromatic N) is 5. The van der Waals surface area contributed by atoms with Gasteiger partial charge in [0.2, 0.25) is 15.8 Å². The van der Waals surface area contributed by atoms with Gasteiger partial charge < -0.3 is 4.57 Å². The van der Waals surface area contributed by atoms with Gasteiger partial charge in [0.1, 0.15) is 4.90 Å². The van der Waals surface area contributed by atoms with E-state index < -0.39 is 10.0 Å². The van der Waals surface area contributed by atoms with Gasteiger partial charge >= 0.3 is 0 Å². The van der Waals surface area contributed by atoms with Gasteiger partial charge in [-0.3, -0.25) is 9.78 Å². The highest BCUT2D eigenvalue weighted by molar-refractivity contribution is 7.89. The second-order valence-corrected chi connectivity index (χ2v) is 9.09. The van der Waals surface area contributed by atoms with Gasteiger partial charge in [-0.05, 0) is 37.8 Å². The molecular weight excluding hydrogens is 380 g/mol. The number of hydrogen-bond donors (Lipinski definition) is 1. The summed E-state index contributed by atoms with van der Waals surface area (Å²) in [5, 5.41) is 9.65. The summed E-state index contributed by atoms with van der Waals surface area (Å²) in [5.41, 5.74) is 1.45. The zero-order valence-corrected chi connectivity index (χ0v) is 16.8. The maximum absolute atomic E-state index is 12.8. The number of primary sulfonamides is 1. The first-order chi connectivity index (χ1) is 13.1. The summed E-state index contributed by atoms with van der Waals surface area (Å²) < 4.78 is 26.4. The Morgan fingerprint density at radius 1 is 1.25 bits per heavy atom. The molecule has 148 valence electrons. The van der Waals surface area contributed by atoms with Crippen LogP contribution in [-0.4, -0.2) is 32.6 Å². The fourth-order valence-corrected chi connectivity index (χ4v) is 3.95. The molecule has 0 spiro atoms. The molecule has 1 aliphatic carbocycles. The van der Waals surface area contributed by atoms with Gasteiger partial charge in [-0.1, -0.05) is 13.8 Å². The molecule has 2 N–H and O–H groups in total. The smallest absolute Gasteiger partial charge is 0.279 e. The van der Waals surface area contributed by atoms with Gasteiger partial charge in [-0.2, -0.15) is 9.50 Å². The lowest BCUT2D eigenvalue weighted by atomic mass is 10.1. The van der Waals surface area contributed by atoms with E-state index in [2.05, 4.69) is 15.1 Å². The third-order valence-electron chi connectivity index (χ3n) is 4.90. The minimum Gasteiger partial charge on any atom is -0.311 e. The molecule has 0 unspecified atom stereocenters. The summed E-state index contributed by atoms with van der Waals surface area (Å²) >= 11 is 0. The van der Waals surface area contributed by atoms with Crippen LogP contribution in [0, 0.1) is 6.92 Å². The number of aryl methyl sites for hydroxylation is 1. The van der Waals surface area contributed by atoms with Crippen molar-refractivity contribution in [1.82, 2.24) is 24.1 Å². The lowest BCUT2D eigenvalue weighted by Gasteiger charge is -2.12. The summed E-state index contributed by atoms with van der Waals surface area (Å²) in [5.74, 6) is 1.51. The van der Waals surface area contributed by atoms with Crippen molar-refractivity contribution in [3.05, 3.63) is 51.5 Å². The van der Waals surface area contributed by atoms with E-state index in [1.807, 2.05) is 18.4 Å². The van der Waals surface area contributed by atoms with Crippen molar-refractivity contribution >= 4 is 15.8 Å².